The molecule has 0 spiro atoms. The van der Waals surface area contributed by atoms with E-state index in [-0.39, 0.29) is 10.9 Å². The van der Waals surface area contributed by atoms with Gasteiger partial charge in [0, 0.05) is 9.64 Å². The number of hydrogen-bond donors (Lipinski definition) is 2. The second kappa shape index (κ2) is 6.17. The summed E-state index contributed by atoms with van der Waals surface area (Å²) in [4.78, 5) is 1.27. The van der Waals surface area contributed by atoms with Gasteiger partial charge in [0.15, 0.2) is 0 Å². The third-order valence-corrected chi connectivity index (χ3v) is 5.38. The van der Waals surface area contributed by atoms with Crippen molar-refractivity contribution in [2.24, 2.45) is 0 Å². The van der Waals surface area contributed by atoms with Gasteiger partial charge in [-0.3, -0.25) is 0 Å². The summed E-state index contributed by atoms with van der Waals surface area (Å²) in [5.74, 6) is 0.762. The molecule has 0 bridgehead atoms. The van der Waals surface area contributed by atoms with Gasteiger partial charge in [0.25, 0.3) is 0 Å². The molecule has 1 aliphatic rings. The van der Waals surface area contributed by atoms with Crippen LogP contribution in [0, 0.1) is 0 Å². The third-order valence-electron chi connectivity index (χ3n) is 3.52. The Morgan fingerprint density at radius 1 is 1.24 bits per heavy atom. The third kappa shape index (κ3) is 3.21. The molecule has 0 saturated heterocycles. The first kappa shape index (κ1) is 13.3. The zero-order valence-electron chi connectivity index (χ0n) is 10.0. The molecule has 3 heteroatoms. The first-order valence-electron chi connectivity index (χ1n) is 6.30. The SMILES string of the molecule is OC(CCS)C1(Sc2ccccc2)CCCC1. The number of aliphatic hydroxyl groups excluding tert-OH is 1. The van der Waals surface area contributed by atoms with Gasteiger partial charge in [-0.1, -0.05) is 31.0 Å². The average molecular weight is 268 g/mol. The fraction of sp³-hybridized carbons (Fsp3) is 0.571. The number of hydrogen-bond acceptors (Lipinski definition) is 3. The van der Waals surface area contributed by atoms with E-state index in [9.17, 15) is 5.11 Å². The van der Waals surface area contributed by atoms with E-state index in [1.807, 2.05) is 17.8 Å². The number of rotatable bonds is 5. The summed E-state index contributed by atoms with van der Waals surface area (Å²) in [7, 11) is 0. The highest BCUT2D eigenvalue weighted by Crippen LogP contribution is 2.48. The van der Waals surface area contributed by atoms with E-state index in [1.165, 1.54) is 17.7 Å². The Morgan fingerprint density at radius 3 is 2.47 bits per heavy atom. The predicted octanol–water partition coefficient (Wildman–Crippen LogP) is 3.77. The fourth-order valence-corrected chi connectivity index (χ4v) is 4.34. The molecule has 1 aromatic carbocycles. The van der Waals surface area contributed by atoms with Crippen molar-refractivity contribution in [3.05, 3.63) is 30.3 Å². The molecule has 1 N–H and O–H groups in total. The Balaban J connectivity index is 2.12. The summed E-state index contributed by atoms with van der Waals surface area (Å²) in [6.45, 7) is 0. The number of aliphatic hydroxyl groups is 1. The lowest BCUT2D eigenvalue weighted by Crippen LogP contribution is -2.36. The van der Waals surface area contributed by atoms with Crippen LogP contribution in [0.2, 0.25) is 0 Å². The van der Waals surface area contributed by atoms with Gasteiger partial charge in [0.05, 0.1) is 6.10 Å². The first-order valence-corrected chi connectivity index (χ1v) is 7.75. The Labute approximate surface area is 113 Å². The zero-order valence-corrected chi connectivity index (χ0v) is 11.7. The fourth-order valence-electron chi connectivity index (χ4n) is 2.59. The van der Waals surface area contributed by atoms with Gasteiger partial charge in [-0.25, -0.2) is 0 Å². The van der Waals surface area contributed by atoms with Crippen LogP contribution in [0.4, 0.5) is 0 Å². The van der Waals surface area contributed by atoms with Crippen LogP contribution in [0.15, 0.2) is 35.2 Å². The summed E-state index contributed by atoms with van der Waals surface area (Å²) < 4.78 is 0.0318. The summed E-state index contributed by atoms with van der Waals surface area (Å²) >= 11 is 6.11. The van der Waals surface area contributed by atoms with Crippen molar-refractivity contribution in [3.8, 4) is 0 Å². The molecule has 0 radical (unpaired) electrons. The Hall–Kier alpha value is -0.120. The standard InChI is InChI=1S/C14H20OS2/c15-13(8-11-16)14(9-4-5-10-14)17-12-6-2-1-3-7-12/h1-3,6-7,13,15-16H,4-5,8-11H2. The lowest BCUT2D eigenvalue weighted by atomic mass is 9.97. The second-order valence-electron chi connectivity index (χ2n) is 4.72. The Morgan fingerprint density at radius 2 is 1.88 bits per heavy atom. The van der Waals surface area contributed by atoms with Crippen molar-refractivity contribution < 1.29 is 5.11 Å². The molecule has 1 unspecified atom stereocenters. The van der Waals surface area contributed by atoms with Crippen LogP contribution in [-0.4, -0.2) is 21.7 Å². The highest BCUT2D eigenvalue weighted by atomic mass is 32.2. The minimum absolute atomic E-state index is 0.0318. The van der Waals surface area contributed by atoms with Gasteiger partial charge in [0.2, 0.25) is 0 Å². The topological polar surface area (TPSA) is 20.2 Å². The minimum atomic E-state index is -0.229. The highest BCUT2D eigenvalue weighted by Gasteiger charge is 2.41. The van der Waals surface area contributed by atoms with Gasteiger partial charge in [0.1, 0.15) is 0 Å². The largest absolute Gasteiger partial charge is 0.392 e. The Bertz CT molecular complexity index is 333. The summed E-state index contributed by atoms with van der Waals surface area (Å²) in [5, 5.41) is 10.4. The summed E-state index contributed by atoms with van der Waals surface area (Å²) in [6, 6.07) is 10.4. The summed E-state index contributed by atoms with van der Waals surface area (Å²) in [5.41, 5.74) is 0. The first-order chi connectivity index (χ1) is 8.27. The van der Waals surface area contributed by atoms with Crippen molar-refractivity contribution in [2.75, 3.05) is 5.75 Å². The van der Waals surface area contributed by atoms with E-state index in [4.69, 9.17) is 0 Å². The van der Waals surface area contributed by atoms with Gasteiger partial charge in [-0.15, -0.1) is 11.8 Å². The molecule has 2 rings (SSSR count). The second-order valence-corrected chi connectivity index (χ2v) is 6.65. The molecule has 1 aromatic rings. The van der Waals surface area contributed by atoms with E-state index < -0.39 is 0 Å². The molecule has 1 saturated carbocycles. The maximum absolute atomic E-state index is 10.4. The van der Waals surface area contributed by atoms with Crippen molar-refractivity contribution in [3.63, 3.8) is 0 Å². The van der Waals surface area contributed by atoms with Crippen LogP contribution in [0.25, 0.3) is 0 Å². The van der Waals surface area contributed by atoms with E-state index in [2.05, 4.69) is 36.9 Å². The lowest BCUT2D eigenvalue weighted by Gasteiger charge is -2.33. The molecule has 1 aliphatic carbocycles. The molecule has 0 aliphatic heterocycles. The highest BCUT2D eigenvalue weighted by molar-refractivity contribution is 8.00. The van der Waals surface area contributed by atoms with Crippen molar-refractivity contribution in [1.82, 2.24) is 0 Å². The predicted molar refractivity (Wildman–Crippen MR) is 78.0 cm³/mol. The smallest absolute Gasteiger partial charge is 0.0698 e. The summed E-state index contributed by atoms with van der Waals surface area (Å²) in [6.07, 6.45) is 5.30. The van der Waals surface area contributed by atoms with E-state index in [0.29, 0.717) is 0 Å². The molecule has 94 valence electrons. The van der Waals surface area contributed by atoms with Crippen LogP contribution < -0.4 is 0 Å². The molecule has 1 atom stereocenters. The molecule has 1 nitrogen and oxygen atoms in total. The van der Waals surface area contributed by atoms with Gasteiger partial charge >= 0.3 is 0 Å². The van der Waals surface area contributed by atoms with Crippen LogP contribution in [0.3, 0.4) is 0 Å². The quantitative estimate of drug-likeness (QED) is 0.793. The maximum Gasteiger partial charge on any atom is 0.0698 e. The van der Waals surface area contributed by atoms with Crippen LogP contribution >= 0.6 is 24.4 Å². The minimum Gasteiger partial charge on any atom is -0.392 e. The maximum atomic E-state index is 10.4. The van der Waals surface area contributed by atoms with Gasteiger partial charge < -0.3 is 5.11 Å². The van der Waals surface area contributed by atoms with Crippen LogP contribution in [0.5, 0.6) is 0 Å². The molecule has 0 heterocycles. The van der Waals surface area contributed by atoms with Crippen LogP contribution in [-0.2, 0) is 0 Å². The molecular formula is C14H20OS2. The molecule has 0 amide bonds. The molecule has 17 heavy (non-hydrogen) atoms. The van der Waals surface area contributed by atoms with Gasteiger partial charge in [-0.2, -0.15) is 12.6 Å². The monoisotopic (exact) mass is 268 g/mol. The normalized spacial score (nSPS) is 20.4. The average Bonchev–Trinajstić information content (AvgIpc) is 2.80. The molecule has 0 aromatic heterocycles. The molecule has 1 fully saturated rings. The van der Waals surface area contributed by atoms with Crippen molar-refractivity contribution in [1.29, 1.82) is 0 Å². The van der Waals surface area contributed by atoms with Crippen molar-refractivity contribution in [2.45, 2.75) is 47.9 Å². The number of thioether (sulfide) groups is 1. The van der Waals surface area contributed by atoms with E-state index >= 15 is 0 Å². The number of benzene rings is 1. The molecular weight excluding hydrogens is 248 g/mol. The van der Waals surface area contributed by atoms with E-state index in [0.717, 1.165) is 25.0 Å². The van der Waals surface area contributed by atoms with Crippen molar-refractivity contribution >= 4 is 24.4 Å². The lowest BCUT2D eigenvalue weighted by molar-refractivity contribution is 0.127. The number of thiol groups is 1. The zero-order chi connectivity index (χ0) is 12.1. The van der Waals surface area contributed by atoms with Crippen LogP contribution in [0.1, 0.15) is 32.1 Å². The Kier molecular flexibility index (Phi) is 4.83. The van der Waals surface area contributed by atoms with Gasteiger partial charge in [-0.05, 0) is 37.1 Å². The van der Waals surface area contributed by atoms with E-state index in [1.54, 1.807) is 0 Å².